The van der Waals surface area contributed by atoms with Crippen LogP contribution in [0.15, 0.2) is 60.7 Å². The number of fused-ring (bicyclic) bond motifs is 1. The third kappa shape index (κ3) is 4.37. The first-order valence-electron chi connectivity index (χ1n) is 10.3. The van der Waals surface area contributed by atoms with Crippen LogP contribution in [0.4, 0.5) is 4.79 Å². The van der Waals surface area contributed by atoms with Crippen LogP contribution in [0.1, 0.15) is 30.2 Å². The normalized spacial score (nSPS) is 15.6. The van der Waals surface area contributed by atoms with Gasteiger partial charge in [-0.05, 0) is 50.1 Å². The lowest BCUT2D eigenvalue weighted by Gasteiger charge is -2.29. The number of para-hydroxylation sites is 1. The number of amides is 4. The first kappa shape index (κ1) is 21.2. The third-order valence-corrected chi connectivity index (χ3v) is 5.50. The number of pyridine rings is 1. The van der Waals surface area contributed by atoms with Crippen molar-refractivity contribution in [2.45, 2.75) is 26.9 Å². The molecule has 1 aliphatic rings. The number of carbonyl (C=O) groups is 3. The van der Waals surface area contributed by atoms with Crippen LogP contribution < -0.4 is 15.4 Å². The first-order chi connectivity index (χ1) is 15.3. The van der Waals surface area contributed by atoms with Gasteiger partial charge in [0.2, 0.25) is 11.8 Å². The zero-order valence-corrected chi connectivity index (χ0v) is 17.8. The molecule has 7 nitrogen and oxygen atoms in total. The van der Waals surface area contributed by atoms with Crippen molar-refractivity contribution in [3.8, 4) is 5.75 Å². The molecule has 0 saturated carbocycles. The standard InChI is InChI=1S/C25H23N3O4/c1-16-14-18(20-7-3-4-8-21(20)26-16)15-32-19-11-9-17(10-12-19)6-5-13-25(2)22(29)27-24(31)28-23(25)30/h3-12,14H,13,15H2,1-2H3,(H2,27,28,29,30,31)/b6-5+. The number of aryl methyl sites for hydroxylation is 1. The summed E-state index contributed by atoms with van der Waals surface area (Å²) >= 11 is 0. The van der Waals surface area contributed by atoms with Crippen molar-refractivity contribution < 1.29 is 19.1 Å². The van der Waals surface area contributed by atoms with Crippen LogP contribution in [-0.2, 0) is 16.2 Å². The number of carbonyl (C=O) groups excluding carboxylic acids is 3. The van der Waals surface area contributed by atoms with Gasteiger partial charge in [-0.15, -0.1) is 0 Å². The molecule has 0 bridgehead atoms. The molecule has 0 spiro atoms. The molecule has 1 fully saturated rings. The molecule has 0 aliphatic carbocycles. The lowest BCUT2D eigenvalue weighted by Crippen LogP contribution is -2.61. The summed E-state index contributed by atoms with van der Waals surface area (Å²) in [5.74, 6) is -0.464. The van der Waals surface area contributed by atoms with Gasteiger partial charge >= 0.3 is 6.03 Å². The number of hydrogen-bond acceptors (Lipinski definition) is 5. The molecule has 4 rings (SSSR count). The molecule has 2 aromatic carbocycles. The molecule has 2 N–H and O–H groups in total. The summed E-state index contributed by atoms with van der Waals surface area (Å²) in [6.07, 6.45) is 3.74. The number of urea groups is 1. The highest BCUT2D eigenvalue weighted by Crippen LogP contribution is 2.26. The van der Waals surface area contributed by atoms with E-state index in [0.717, 1.165) is 33.5 Å². The summed E-state index contributed by atoms with van der Waals surface area (Å²) in [5, 5.41) is 5.34. The molecule has 32 heavy (non-hydrogen) atoms. The Balaban J connectivity index is 1.39. The molecule has 0 atom stereocenters. The Kier molecular flexibility index (Phi) is 5.73. The number of aromatic nitrogens is 1. The molecule has 2 heterocycles. The summed E-state index contributed by atoms with van der Waals surface area (Å²) in [5.41, 5.74) is 2.55. The van der Waals surface area contributed by atoms with Crippen molar-refractivity contribution in [2.24, 2.45) is 5.41 Å². The van der Waals surface area contributed by atoms with Crippen molar-refractivity contribution in [3.63, 3.8) is 0 Å². The molecule has 162 valence electrons. The van der Waals surface area contributed by atoms with Crippen LogP contribution >= 0.6 is 0 Å². The molecular weight excluding hydrogens is 406 g/mol. The van der Waals surface area contributed by atoms with Crippen LogP contribution in [0.2, 0.25) is 0 Å². The lowest BCUT2D eigenvalue weighted by molar-refractivity contribution is -0.142. The van der Waals surface area contributed by atoms with Crippen LogP contribution in [0.5, 0.6) is 5.75 Å². The molecule has 1 aromatic heterocycles. The van der Waals surface area contributed by atoms with Crippen molar-refractivity contribution in [1.29, 1.82) is 0 Å². The van der Waals surface area contributed by atoms with Crippen molar-refractivity contribution in [1.82, 2.24) is 15.6 Å². The average molecular weight is 429 g/mol. The van der Waals surface area contributed by atoms with E-state index in [-0.39, 0.29) is 6.42 Å². The maximum atomic E-state index is 12.1. The summed E-state index contributed by atoms with van der Waals surface area (Å²) in [6.45, 7) is 3.91. The minimum absolute atomic E-state index is 0.171. The fraction of sp³-hybridized carbons (Fsp3) is 0.200. The van der Waals surface area contributed by atoms with E-state index in [9.17, 15) is 14.4 Å². The predicted molar refractivity (Wildman–Crippen MR) is 121 cm³/mol. The largest absolute Gasteiger partial charge is 0.489 e. The minimum atomic E-state index is -1.32. The fourth-order valence-electron chi connectivity index (χ4n) is 3.58. The SMILES string of the molecule is Cc1cc(COc2ccc(/C=C/CC3(C)C(=O)NC(=O)NC3=O)cc2)c2ccccc2n1. The molecule has 1 aliphatic heterocycles. The van der Waals surface area contributed by atoms with Gasteiger partial charge in [0, 0.05) is 16.6 Å². The van der Waals surface area contributed by atoms with E-state index in [0.29, 0.717) is 6.61 Å². The van der Waals surface area contributed by atoms with E-state index >= 15 is 0 Å². The maximum Gasteiger partial charge on any atom is 0.328 e. The Morgan fingerprint density at radius 2 is 1.69 bits per heavy atom. The van der Waals surface area contributed by atoms with Gasteiger partial charge in [0.25, 0.3) is 0 Å². The van der Waals surface area contributed by atoms with E-state index in [4.69, 9.17) is 4.74 Å². The number of rotatable bonds is 6. The Hall–Kier alpha value is -4.00. The van der Waals surface area contributed by atoms with Gasteiger partial charge in [-0.1, -0.05) is 42.5 Å². The van der Waals surface area contributed by atoms with Gasteiger partial charge in [0.15, 0.2) is 0 Å². The lowest BCUT2D eigenvalue weighted by atomic mass is 9.83. The highest BCUT2D eigenvalue weighted by Gasteiger charge is 2.45. The molecule has 7 heteroatoms. The van der Waals surface area contributed by atoms with Crippen LogP contribution in [0.25, 0.3) is 17.0 Å². The summed E-state index contributed by atoms with van der Waals surface area (Å²) in [4.78, 5) is 39.9. The third-order valence-electron chi connectivity index (χ3n) is 5.50. The Bertz CT molecular complexity index is 1210. The van der Waals surface area contributed by atoms with Gasteiger partial charge in [0.1, 0.15) is 17.8 Å². The second kappa shape index (κ2) is 8.63. The summed E-state index contributed by atoms with van der Waals surface area (Å²) in [6, 6.07) is 16.8. The second-order valence-corrected chi connectivity index (χ2v) is 7.97. The summed E-state index contributed by atoms with van der Waals surface area (Å²) in [7, 11) is 0. The Labute approximate surface area is 185 Å². The number of ether oxygens (including phenoxy) is 1. The van der Waals surface area contributed by atoms with E-state index < -0.39 is 23.3 Å². The van der Waals surface area contributed by atoms with E-state index in [1.165, 1.54) is 6.92 Å². The van der Waals surface area contributed by atoms with E-state index in [1.54, 1.807) is 6.08 Å². The molecule has 0 radical (unpaired) electrons. The van der Waals surface area contributed by atoms with Crippen LogP contribution in [0, 0.1) is 12.3 Å². The first-order valence-corrected chi connectivity index (χ1v) is 10.3. The minimum Gasteiger partial charge on any atom is -0.489 e. The molecule has 0 unspecified atom stereocenters. The van der Waals surface area contributed by atoms with E-state index in [2.05, 4.69) is 15.6 Å². The van der Waals surface area contributed by atoms with Gasteiger partial charge in [0.05, 0.1) is 5.52 Å². The number of nitrogens with zero attached hydrogens (tertiary/aromatic N) is 1. The maximum absolute atomic E-state index is 12.1. The fourth-order valence-corrected chi connectivity index (χ4v) is 3.58. The highest BCUT2D eigenvalue weighted by molar-refractivity contribution is 6.19. The van der Waals surface area contributed by atoms with Crippen LogP contribution in [-0.4, -0.2) is 22.8 Å². The second-order valence-electron chi connectivity index (χ2n) is 7.97. The summed E-state index contributed by atoms with van der Waals surface area (Å²) < 4.78 is 5.97. The Morgan fingerprint density at radius 3 is 2.41 bits per heavy atom. The zero-order valence-electron chi connectivity index (χ0n) is 17.8. The van der Waals surface area contributed by atoms with Crippen LogP contribution in [0.3, 0.4) is 0 Å². The smallest absolute Gasteiger partial charge is 0.328 e. The van der Waals surface area contributed by atoms with Crippen molar-refractivity contribution in [2.75, 3.05) is 0 Å². The predicted octanol–water partition coefficient (Wildman–Crippen LogP) is 3.90. The zero-order chi connectivity index (χ0) is 22.7. The van der Waals surface area contributed by atoms with Crippen molar-refractivity contribution in [3.05, 3.63) is 77.5 Å². The van der Waals surface area contributed by atoms with E-state index in [1.807, 2.05) is 67.6 Å². The number of imide groups is 2. The number of allylic oxidation sites excluding steroid dienone is 1. The Morgan fingerprint density at radius 1 is 1.00 bits per heavy atom. The highest BCUT2D eigenvalue weighted by atomic mass is 16.5. The molecule has 4 amide bonds. The number of barbiturate groups is 1. The molecule has 3 aromatic rings. The number of hydrogen-bond donors (Lipinski definition) is 2. The van der Waals surface area contributed by atoms with Gasteiger partial charge in [-0.3, -0.25) is 25.2 Å². The molecular formula is C25H23N3O4. The topological polar surface area (TPSA) is 97.4 Å². The quantitative estimate of drug-likeness (QED) is 0.579. The van der Waals surface area contributed by atoms with Gasteiger partial charge in [-0.2, -0.15) is 0 Å². The number of nitrogens with one attached hydrogen (secondary N) is 2. The van der Waals surface area contributed by atoms with Crippen molar-refractivity contribution >= 4 is 34.8 Å². The number of benzene rings is 2. The van der Waals surface area contributed by atoms with Gasteiger partial charge in [-0.25, -0.2) is 4.79 Å². The molecule has 1 saturated heterocycles. The average Bonchev–Trinajstić information content (AvgIpc) is 2.77. The van der Waals surface area contributed by atoms with Gasteiger partial charge < -0.3 is 4.74 Å². The monoisotopic (exact) mass is 429 g/mol.